The van der Waals surface area contributed by atoms with Crippen molar-refractivity contribution < 1.29 is 14.4 Å². The molecule has 8 nitrogen and oxygen atoms in total. The number of rotatable bonds is 5. The van der Waals surface area contributed by atoms with Crippen LogP contribution in [0.5, 0.6) is 0 Å². The predicted molar refractivity (Wildman–Crippen MR) is 109 cm³/mol. The summed E-state index contributed by atoms with van der Waals surface area (Å²) < 4.78 is 1.74. The highest BCUT2D eigenvalue weighted by molar-refractivity contribution is 5.97. The van der Waals surface area contributed by atoms with Crippen molar-refractivity contribution in [3.63, 3.8) is 0 Å². The Balaban J connectivity index is 1.39. The van der Waals surface area contributed by atoms with E-state index in [1.807, 2.05) is 30.3 Å². The van der Waals surface area contributed by atoms with Gasteiger partial charge in [0.05, 0.1) is 18.7 Å². The molecule has 0 atom stereocenters. The van der Waals surface area contributed by atoms with Crippen LogP contribution in [0.2, 0.25) is 0 Å². The van der Waals surface area contributed by atoms with E-state index < -0.39 is 0 Å². The lowest BCUT2D eigenvalue weighted by Crippen LogP contribution is -2.49. The van der Waals surface area contributed by atoms with Crippen LogP contribution < -0.4 is 5.32 Å². The third-order valence-electron chi connectivity index (χ3n) is 5.52. The molecule has 2 amide bonds. The molecule has 152 valence electrons. The lowest BCUT2D eigenvalue weighted by atomic mass is 10.1. The van der Waals surface area contributed by atoms with Crippen molar-refractivity contribution in [2.24, 2.45) is 5.92 Å². The molecule has 2 aliphatic rings. The minimum Gasteiger partial charge on any atom is -0.353 e. The Morgan fingerprint density at radius 2 is 1.90 bits per heavy atom. The quantitative estimate of drug-likeness (QED) is 0.696. The number of pyridine rings is 1. The fourth-order valence-corrected chi connectivity index (χ4v) is 3.73. The summed E-state index contributed by atoms with van der Waals surface area (Å²) in [6.07, 6.45) is 2.22. The van der Waals surface area contributed by atoms with Gasteiger partial charge in [0.2, 0.25) is 5.91 Å². The Kier molecular flexibility index (Phi) is 4.54. The van der Waals surface area contributed by atoms with Gasteiger partial charge in [-0.2, -0.15) is 5.10 Å². The first-order valence-corrected chi connectivity index (χ1v) is 10.1. The second kappa shape index (κ2) is 7.37. The SMILES string of the molecule is O=C1CN(C(=O)c2ccc(-c3cccc4nc(CC(=O)C5CC5)nn34)cc2)CCN1. The van der Waals surface area contributed by atoms with Crippen LogP contribution in [0.1, 0.15) is 29.0 Å². The first-order valence-electron chi connectivity index (χ1n) is 10.1. The van der Waals surface area contributed by atoms with E-state index in [1.54, 1.807) is 21.5 Å². The summed E-state index contributed by atoms with van der Waals surface area (Å²) in [7, 11) is 0. The Bertz CT molecular complexity index is 1150. The first-order chi connectivity index (χ1) is 14.6. The van der Waals surface area contributed by atoms with E-state index in [2.05, 4.69) is 15.4 Å². The number of benzene rings is 1. The zero-order valence-electron chi connectivity index (χ0n) is 16.4. The highest BCUT2D eigenvalue weighted by atomic mass is 16.2. The number of aromatic nitrogens is 3. The summed E-state index contributed by atoms with van der Waals surface area (Å²) in [5.41, 5.74) is 2.94. The third kappa shape index (κ3) is 3.56. The van der Waals surface area contributed by atoms with Crippen LogP contribution >= 0.6 is 0 Å². The van der Waals surface area contributed by atoms with Crippen LogP contribution in [0.3, 0.4) is 0 Å². The Morgan fingerprint density at radius 1 is 1.10 bits per heavy atom. The van der Waals surface area contributed by atoms with Crippen LogP contribution in [0.15, 0.2) is 42.5 Å². The molecule has 1 saturated carbocycles. The fraction of sp³-hybridized carbons (Fsp3) is 0.318. The van der Waals surface area contributed by atoms with E-state index in [9.17, 15) is 14.4 Å². The number of amides is 2. The van der Waals surface area contributed by atoms with Gasteiger partial charge in [-0.3, -0.25) is 14.4 Å². The molecule has 2 fully saturated rings. The lowest BCUT2D eigenvalue weighted by Gasteiger charge is -2.26. The molecule has 0 radical (unpaired) electrons. The lowest BCUT2D eigenvalue weighted by molar-refractivity contribution is -0.123. The standard InChI is InChI=1S/C22H21N5O3/c28-18(15-6-7-15)12-19-24-20-3-1-2-17(27(20)25-19)14-4-8-16(9-5-14)22(30)26-11-10-23-21(29)13-26/h1-5,8-9,15H,6-7,10-13H2,(H,23,29). The molecule has 5 rings (SSSR count). The minimum atomic E-state index is -0.156. The number of hydrogen-bond donors (Lipinski definition) is 1. The van der Waals surface area contributed by atoms with Gasteiger partial charge < -0.3 is 10.2 Å². The number of piperazine rings is 1. The van der Waals surface area contributed by atoms with Crippen LogP contribution in [0.25, 0.3) is 16.9 Å². The van der Waals surface area contributed by atoms with Crippen molar-refractivity contribution in [2.75, 3.05) is 19.6 Å². The van der Waals surface area contributed by atoms with Crippen molar-refractivity contribution in [2.45, 2.75) is 19.3 Å². The van der Waals surface area contributed by atoms with Crippen molar-refractivity contribution >= 4 is 23.2 Å². The maximum atomic E-state index is 12.7. The summed E-state index contributed by atoms with van der Waals surface area (Å²) in [4.78, 5) is 42.4. The van der Waals surface area contributed by atoms with Crippen LogP contribution in [0, 0.1) is 5.92 Å². The number of carbonyl (C=O) groups is 3. The molecule has 1 saturated heterocycles. The van der Waals surface area contributed by atoms with E-state index in [0.29, 0.717) is 30.1 Å². The van der Waals surface area contributed by atoms with Crippen LogP contribution in [0.4, 0.5) is 0 Å². The number of hydrogen-bond acceptors (Lipinski definition) is 5. The molecular weight excluding hydrogens is 382 g/mol. The zero-order valence-corrected chi connectivity index (χ0v) is 16.4. The average molecular weight is 403 g/mol. The molecule has 2 aromatic heterocycles. The topological polar surface area (TPSA) is 96.7 Å². The normalized spacial score (nSPS) is 16.5. The molecule has 8 heteroatoms. The average Bonchev–Trinajstić information content (AvgIpc) is 3.53. The number of carbonyl (C=O) groups excluding carboxylic acids is 3. The summed E-state index contributed by atoms with van der Waals surface area (Å²) in [5.74, 6) is 0.639. The van der Waals surface area contributed by atoms with Crippen molar-refractivity contribution in [3.8, 4) is 11.3 Å². The van der Waals surface area contributed by atoms with Gasteiger partial charge in [-0.05, 0) is 37.1 Å². The zero-order chi connectivity index (χ0) is 20.7. The molecule has 3 heterocycles. The second-order valence-electron chi connectivity index (χ2n) is 7.78. The fourth-order valence-electron chi connectivity index (χ4n) is 3.73. The molecule has 0 unspecified atom stereocenters. The van der Waals surface area contributed by atoms with Gasteiger partial charge in [-0.25, -0.2) is 9.50 Å². The predicted octanol–water partition coefficient (Wildman–Crippen LogP) is 1.49. The molecule has 1 N–H and O–H groups in total. The number of nitrogens with one attached hydrogen (secondary N) is 1. The molecule has 1 aromatic carbocycles. The largest absolute Gasteiger partial charge is 0.353 e. The summed E-state index contributed by atoms with van der Waals surface area (Å²) >= 11 is 0. The first kappa shape index (κ1) is 18.5. The van der Waals surface area contributed by atoms with Crippen LogP contribution in [-0.2, 0) is 16.0 Å². The maximum absolute atomic E-state index is 12.7. The molecule has 3 aromatic rings. The van der Waals surface area contributed by atoms with Crippen molar-refractivity contribution in [1.82, 2.24) is 24.8 Å². The number of ketones is 1. The number of Topliss-reactive ketones (excluding diaryl/α,β-unsaturated/α-hetero) is 1. The Morgan fingerprint density at radius 3 is 2.63 bits per heavy atom. The van der Waals surface area contributed by atoms with E-state index >= 15 is 0 Å². The molecule has 30 heavy (non-hydrogen) atoms. The number of fused-ring (bicyclic) bond motifs is 1. The van der Waals surface area contributed by atoms with Gasteiger partial charge in [0.15, 0.2) is 11.5 Å². The van der Waals surface area contributed by atoms with Gasteiger partial charge in [0.25, 0.3) is 5.91 Å². The smallest absolute Gasteiger partial charge is 0.254 e. The van der Waals surface area contributed by atoms with E-state index in [1.165, 1.54) is 0 Å². The Labute approximate surface area is 172 Å². The maximum Gasteiger partial charge on any atom is 0.254 e. The van der Waals surface area contributed by atoms with Crippen molar-refractivity contribution in [3.05, 3.63) is 53.9 Å². The molecule has 0 spiro atoms. The van der Waals surface area contributed by atoms with E-state index in [4.69, 9.17) is 0 Å². The van der Waals surface area contributed by atoms with Gasteiger partial charge in [-0.1, -0.05) is 18.2 Å². The summed E-state index contributed by atoms with van der Waals surface area (Å²) in [5, 5.41) is 7.26. The molecule has 0 bridgehead atoms. The van der Waals surface area contributed by atoms with Gasteiger partial charge in [0.1, 0.15) is 5.78 Å². The van der Waals surface area contributed by atoms with E-state index in [0.717, 1.165) is 24.1 Å². The molecular formula is C22H21N5O3. The highest BCUT2D eigenvalue weighted by Crippen LogP contribution is 2.30. The Hall–Kier alpha value is -3.55. The van der Waals surface area contributed by atoms with E-state index in [-0.39, 0.29) is 36.5 Å². The van der Waals surface area contributed by atoms with Crippen molar-refractivity contribution in [1.29, 1.82) is 0 Å². The highest BCUT2D eigenvalue weighted by Gasteiger charge is 2.30. The number of nitrogens with zero attached hydrogens (tertiary/aromatic N) is 4. The molecule has 1 aliphatic carbocycles. The summed E-state index contributed by atoms with van der Waals surface area (Å²) in [6.45, 7) is 1.07. The van der Waals surface area contributed by atoms with Gasteiger partial charge in [-0.15, -0.1) is 0 Å². The summed E-state index contributed by atoms with van der Waals surface area (Å²) in [6, 6.07) is 12.9. The van der Waals surface area contributed by atoms with Gasteiger partial charge in [0, 0.05) is 30.1 Å². The third-order valence-corrected chi connectivity index (χ3v) is 5.52. The minimum absolute atomic E-state index is 0.0845. The second-order valence-corrected chi connectivity index (χ2v) is 7.78. The molecule has 1 aliphatic heterocycles. The van der Waals surface area contributed by atoms with Crippen LogP contribution in [-0.4, -0.2) is 56.7 Å². The monoisotopic (exact) mass is 403 g/mol. The van der Waals surface area contributed by atoms with Gasteiger partial charge >= 0.3 is 0 Å².